The summed E-state index contributed by atoms with van der Waals surface area (Å²) in [5.74, 6) is -2.64. The summed E-state index contributed by atoms with van der Waals surface area (Å²) >= 11 is 0. The molecule has 1 saturated heterocycles. The summed E-state index contributed by atoms with van der Waals surface area (Å²) in [7, 11) is 3.02. The third-order valence-corrected chi connectivity index (χ3v) is 4.08. The topological polar surface area (TPSA) is 49.9 Å². The van der Waals surface area contributed by atoms with Gasteiger partial charge in [0.05, 0.1) is 19.1 Å². The van der Waals surface area contributed by atoms with Gasteiger partial charge >= 0.3 is 5.97 Å². The first-order chi connectivity index (χ1) is 10.9. The predicted molar refractivity (Wildman–Crippen MR) is 80.9 cm³/mol. The molecule has 0 bridgehead atoms. The Labute approximate surface area is 133 Å². The standard InChI is InChI=1S/C16H20F2N2O3/c1-10(16(22)23-3)9-19(2)13-7-8-20(15(13)21)14-11(17)5-4-6-12(14)18/h4-6,10,13H,7-9H2,1-3H3/t10-,13-/m0/s1. The summed E-state index contributed by atoms with van der Waals surface area (Å²) in [4.78, 5) is 26.8. The highest BCUT2D eigenvalue weighted by atomic mass is 19.1. The van der Waals surface area contributed by atoms with Crippen LogP contribution in [0.4, 0.5) is 14.5 Å². The number of nitrogens with zero attached hydrogens (tertiary/aromatic N) is 2. The van der Waals surface area contributed by atoms with Crippen molar-refractivity contribution >= 4 is 17.6 Å². The number of esters is 1. The van der Waals surface area contributed by atoms with Gasteiger partial charge in [0.1, 0.15) is 17.3 Å². The highest BCUT2D eigenvalue weighted by Crippen LogP contribution is 2.29. The Morgan fingerprint density at radius 3 is 2.61 bits per heavy atom. The maximum atomic E-state index is 13.9. The Bertz CT molecular complexity index is 589. The minimum atomic E-state index is -0.760. The second-order valence-corrected chi connectivity index (χ2v) is 5.73. The summed E-state index contributed by atoms with van der Waals surface area (Å²) in [6.45, 7) is 2.27. The number of halogens is 2. The molecule has 23 heavy (non-hydrogen) atoms. The fourth-order valence-electron chi connectivity index (χ4n) is 2.88. The zero-order valence-corrected chi connectivity index (χ0v) is 13.4. The van der Waals surface area contributed by atoms with Gasteiger partial charge in [-0.2, -0.15) is 0 Å². The van der Waals surface area contributed by atoms with Crippen LogP contribution >= 0.6 is 0 Å². The number of likely N-dealkylation sites (N-methyl/N-ethyl adjacent to an activating group) is 1. The molecular weight excluding hydrogens is 306 g/mol. The van der Waals surface area contributed by atoms with Gasteiger partial charge in [-0.05, 0) is 25.6 Å². The largest absolute Gasteiger partial charge is 0.469 e. The van der Waals surface area contributed by atoms with E-state index in [9.17, 15) is 18.4 Å². The Kier molecular flexibility index (Phi) is 5.30. The number of hydrogen-bond acceptors (Lipinski definition) is 4. The zero-order chi connectivity index (χ0) is 17.1. The van der Waals surface area contributed by atoms with E-state index in [2.05, 4.69) is 4.74 Å². The van der Waals surface area contributed by atoms with Crippen LogP contribution in [0.25, 0.3) is 0 Å². The van der Waals surface area contributed by atoms with Crippen molar-refractivity contribution in [1.29, 1.82) is 0 Å². The minimum Gasteiger partial charge on any atom is -0.469 e. The summed E-state index contributed by atoms with van der Waals surface area (Å²) in [6, 6.07) is 3.00. The number of hydrogen-bond donors (Lipinski definition) is 0. The number of carbonyl (C=O) groups excluding carboxylic acids is 2. The van der Waals surface area contributed by atoms with Crippen molar-refractivity contribution in [3.63, 3.8) is 0 Å². The molecule has 0 unspecified atom stereocenters. The fourth-order valence-corrected chi connectivity index (χ4v) is 2.88. The Balaban J connectivity index is 2.11. The second-order valence-electron chi connectivity index (χ2n) is 5.73. The van der Waals surface area contributed by atoms with Gasteiger partial charge in [0.25, 0.3) is 0 Å². The quantitative estimate of drug-likeness (QED) is 0.775. The van der Waals surface area contributed by atoms with Crippen LogP contribution in [0.3, 0.4) is 0 Å². The van der Waals surface area contributed by atoms with Gasteiger partial charge in [0.2, 0.25) is 5.91 Å². The molecule has 126 valence electrons. The van der Waals surface area contributed by atoms with Crippen molar-refractivity contribution in [2.75, 3.05) is 32.1 Å². The van der Waals surface area contributed by atoms with Gasteiger partial charge in [-0.15, -0.1) is 0 Å². The van der Waals surface area contributed by atoms with Crippen molar-refractivity contribution in [3.05, 3.63) is 29.8 Å². The lowest BCUT2D eigenvalue weighted by Gasteiger charge is -2.25. The maximum Gasteiger partial charge on any atom is 0.309 e. The van der Waals surface area contributed by atoms with Crippen molar-refractivity contribution in [3.8, 4) is 0 Å². The van der Waals surface area contributed by atoms with Crippen molar-refractivity contribution in [2.24, 2.45) is 5.92 Å². The molecule has 0 N–H and O–H groups in total. The number of amides is 1. The molecule has 0 spiro atoms. The molecule has 0 aliphatic carbocycles. The lowest BCUT2D eigenvalue weighted by Crippen LogP contribution is -2.43. The average Bonchev–Trinajstić information content (AvgIpc) is 2.88. The first-order valence-electron chi connectivity index (χ1n) is 7.40. The number of carbonyl (C=O) groups is 2. The molecule has 1 aromatic carbocycles. The summed E-state index contributed by atoms with van der Waals surface area (Å²) in [6.07, 6.45) is 0.441. The van der Waals surface area contributed by atoms with E-state index < -0.39 is 23.6 Å². The van der Waals surface area contributed by atoms with E-state index in [-0.39, 0.29) is 24.1 Å². The summed E-state index contributed by atoms with van der Waals surface area (Å²) in [5.41, 5.74) is -0.311. The molecule has 1 fully saturated rings. The highest BCUT2D eigenvalue weighted by molar-refractivity contribution is 5.99. The molecule has 2 rings (SSSR count). The predicted octanol–water partition coefficient (Wildman–Crippen LogP) is 1.81. The van der Waals surface area contributed by atoms with Gasteiger partial charge < -0.3 is 9.64 Å². The molecule has 1 aromatic rings. The fraction of sp³-hybridized carbons (Fsp3) is 0.500. The van der Waals surface area contributed by atoms with Gasteiger partial charge in [-0.3, -0.25) is 14.5 Å². The third-order valence-electron chi connectivity index (χ3n) is 4.08. The van der Waals surface area contributed by atoms with Crippen LogP contribution in [0, 0.1) is 17.6 Å². The molecule has 7 heteroatoms. The number of ether oxygens (including phenoxy) is 1. The number of rotatable bonds is 5. The molecule has 5 nitrogen and oxygen atoms in total. The smallest absolute Gasteiger partial charge is 0.309 e. The van der Waals surface area contributed by atoms with E-state index in [0.29, 0.717) is 13.0 Å². The van der Waals surface area contributed by atoms with Crippen LogP contribution in [0.15, 0.2) is 18.2 Å². The average molecular weight is 326 g/mol. The first kappa shape index (κ1) is 17.3. The molecule has 1 heterocycles. The molecule has 0 saturated carbocycles. The SMILES string of the molecule is COC(=O)[C@@H](C)CN(C)[C@H]1CCN(c2c(F)cccc2F)C1=O. The number of anilines is 1. The number of benzene rings is 1. The van der Waals surface area contributed by atoms with Crippen LogP contribution in [0.1, 0.15) is 13.3 Å². The third kappa shape index (κ3) is 3.50. The Hall–Kier alpha value is -2.02. The molecule has 1 aliphatic heterocycles. The first-order valence-corrected chi connectivity index (χ1v) is 7.40. The van der Waals surface area contributed by atoms with Crippen LogP contribution in [0.5, 0.6) is 0 Å². The summed E-state index contributed by atoms with van der Waals surface area (Å²) in [5, 5.41) is 0. The van der Waals surface area contributed by atoms with E-state index in [0.717, 1.165) is 17.0 Å². The maximum absolute atomic E-state index is 13.9. The van der Waals surface area contributed by atoms with Crippen LogP contribution in [-0.2, 0) is 14.3 Å². The van der Waals surface area contributed by atoms with Gasteiger partial charge in [0, 0.05) is 13.1 Å². The summed E-state index contributed by atoms with van der Waals surface area (Å²) < 4.78 is 32.4. The van der Waals surface area contributed by atoms with E-state index >= 15 is 0 Å². The van der Waals surface area contributed by atoms with Gasteiger partial charge in [-0.1, -0.05) is 13.0 Å². The van der Waals surface area contributed by atoms with Crippen molar-refractivity contribution < 1.29 is 23.1 Å². The molecule has 2 atom stereocenters. The van der Waals surface area contributed by atoms with E-state index in [1.54, 1.807) is 18.9 Å². The van der Waals surface area contributed by atoms with Crippen LogP contribution < -0.4 is 4.90 Å². The molecule has 0 radical (unpaired) electrons. The Morgan fingerprint density at radius 1 is 1.43 bits per heavy atom. The lowest BCUT2D eigenvalue weighted by molar-refractivity contribution is -0.145. The van der Waals surface area contributed by atoms with Crippen molar-refractivity contribution in [2.45, 2.75) is 19.4 Å². The Morgan fingerprint density at radius 2 is 2.04 bits per heavy atom. The molecule has 1 amide bonds. The zero-order valence-electron chi connectivity index (χ0n) is 13.4. The molecule has 1 aliphatic rings. The highest BCUT2D eigenvalue weighted by Gasteiger charge is 2.38. The van der Waals surface area contributed by atoms with Crippen molar-refractivity contribution in [1.82, 2.24) is 4.90 Å². The molecule has 0 aromatic heterocycles. The monoisotopic (exact) mass is 326 g/mol. The molecular formula is C16H20F2N2O3. The van der Waals surface area contributed by atoms with E-state index in [4.69, 9.17) is 0 Å². The second kappa shape index (κ2) is 7.04. The number of methoxy groups -OCH3 is 1. The van der Waals surface area contributed by atoms with E-state index in [1.165, 1.54) is 13.2 Å². The lowest BCUT2D eigenvalue weighted by atomic mass is 10.1. The van der Waals surface area contributed by atoms with Crippen LogP contribution in [0.2, 0.25) is 0 Å². The normalized spacial score (nSPS) is 19.3. The van der Waals surface area contributed by atoms with Gasteiger partial charge in [-0.25, -0.2) is 8.78 Å². The van der Waals surface area contributed by atoms with Gasteiger partial charge in [0.15, 0.2) is 0 Å². The van der Waals surface area contributed by atoms with E-state index in [1.807, 2.05) is 0 Å². The number of para-hydroxylation sites is 1. The minimum absolute atomic E-state index is 0.234. The van der Waals surface area contributed by atoms with Crippen LogP contribution in [-0.4, -0.2) is 50.1 Å².